The third-order valence-electron chi connectivity index (χ3n) is 5.04. The molecule has 0 N–H and O–H groups in total. The maximum Gasteiger partial charge on any atom is 0.310 e. The first-order valence-corrected chi connectivity index (χ1v) is 8.25. The molecule has 1 aromatic rings. The van der Waals surface area contributed by atoms with Crippen LogP contribution in [0.4, 0.5) is 0 Å². The van der Waals surface area contributed by atoms with Gasteiger partial charge in [0, 0.05) is 21.6 Å². The largest absolute Gasteiger partial charge is 0.469 e. The number of rotatable bonds is 2. The van der Waals surface area contributed by atoms with Gasteiger partial charge in [-0.25, -0.2) is 0 Å². The zero-order valence-corrected chi connectivity index (χ0v) is 14.0. The van der Waals surface area contributed by atoms with Crippen molar-refractivity contribution in [2.24, 2.45) is 5.92 Å². The maximum atomic E-state index is 12.3. The normalized spacial score (nSPS) is 31.6. The summed E-state index contributed by atoms with van der Waals surface area (Å²) in [6.07, 6.45) is 3.38. The Hall–Kier alpha value is -0.620. The van der Waals surface area contributed by atoms with Gasteiger partial charge in [0.05, 0.1) is 13.0 Å². The van der Waals surface area contributed by atoms with Crippen molar-refractivity contribution in [2.75, 3.05) is 14.2 Å². The monoisotopic (exact) mass is 401 g/mol. The number of carbonyl (C=O) groups excluding carboxylic acids is 1. The highest BCUT2D eigenvalue weighted by Crippen LogP contribution is 2.46. The molecule has 4 heteroatoms. The number of benzene rings is 1. The summed E-state index contributed by atoms with van der Waals surface area (Å²) in [4.78, 5) is 14.7. The van der Waals surface area contributed by atoms with Gasteiger partial charge < -0.3 is 4.74 Å². The second kappa shape index (κ2) is 6.65. The van der Waals surface area contributed by atoms with Gasteiger partial charge in [-0.3, -0.25) is 9.69 Å². The molecule has 3 rings (SSSR count). The van der Waals surface area contributed by atoms with E-state index in [2.05, 4.69) is 58.8 Å². The molecule has 0 radical (unpaired) electrons. The molecule has 2 aliphatic rings. The van der Waals surface area contributed by atoms with Crippen molar-refractivity contribution >= 4 is 28.6 Å². The standard InChI is InChI=1S/C16H20INO2.CH4/c1-18-12-7-8-14(18)15(16(19)20-2)13(9-12)10-3-5-11(17)6-4-10;/h3-6,12-15H,7-9H2,1-2H3;1H4/t12-,13-,14?,15?;/m1./s1. The van der Waals surface area contributed by atoms with Crippen molar-refractivity contribution in [3.63, 3.8) is 0 Å². The zero-order valence-electron chi connectivity index (χ0n) is 11.9. The Bertz CT molecular complexity index is 502. The van der Waals surface area contributed by atoms with Crippen LogP contribution in [-0.2, 0) is 9.53 Å². The van der Waals surface area contributed by atoms with Crippen LogP contribution in [0.25, 0.3) is 0 Å². The van der Waals surface area contributed by atoms with Crippen molar-refractivity contribution in [1.29, 1.82) is 0 Å². The molecule has 2 heterocycles. The van der Waals surface area contributed by atoms with Crippen LogP contribution < -0.4 is 0 Å². The lowest BCUT2D eigenvalue weighted by molar-refractivity contribution is -0.150. The molecule has 2 unspecified atom stereocenters. The minimum Gasteiger partial charge on any atom is -0.469 e. The number of methoxy groups -OCH3 is 1. The molecule has 4 atom stereocenters. The smallest absolute Gasteiger partial charge is 0.310 e. The summed E-state index contributed by atoms with van der Waals surface area (Å²) in [7, 11) is 3.66. The van der Waals surface area contributed by atoms with Crippen LogP contribution in [0.3, 0.4) is 0 Å². The minimum absolute atomic E-state index is 0. The topological polar surface area (TPSA) is 29.5 Å². The molecule has 0 spiro atoms. The number of ether oxygens (including phenoxy) is 1. The van der Waals surface area contributed by atoms with Crippen molar-refractivity contribution in [3.05, 3.63) is 33.4 Å². The Morgan fingerprint density at radius 1 is 1.29 bits per heavy atom. The first-order chi connectivity index (χ1) is 9.61. The van der Waals surface area contributed by atoms with Gasteiger partial charge in [-0.1, -0.05) is 19.6 Å². The number of piperidine rings is 1. The lowest BCUT2D eigenvalue weighted by atomic mass is 9.76. The Labute approximate surface area is 141 Å². The Balaban J connectivity index is 0.00000161. The molecule has 0 amide bonds. The summed E-state index contributed by atoms with van der Waals surface area (Å²) in [6, 6.07) is 9.56. The number of halogens is 1. The fourth-order valence-electron chi connectivity index (χ4n) is 3.98. The highest BCUT2D eigenvalue weighted by molar-refractivity contribution is 14.1. The van der Waals surface area contributed by atoms with Gasteiger partial charge in [-0.2, -0.15) is 0 Å². The Morgan fingerprint density at radius 2 is 1.95 bits per heavy atom. The van der Waals surface area contributed by atoms with E-state index in [4.69, 9.17) is 4.74 Å². The number of hydrogen-bond acceptors (Lipinski definition) is 3. The number of nitrogens with zero attached hydrogens (tertiary/aromatic N) is 1. The number of hydrogen-bond donors (Lipinski definition) is 0. The molecule has 0 aliphatic carbocycles. The Morgan fingerprint density at radius 3 is 2.57 bits per heavy atom. The lowest BCUT2D eigenvalue weighted by Gasteiger charge is -2.41. The van der Waals surface area contributed by atoms with Gasteiger partial charge in [0.25, 0.3) is 0 Å². The molecule has 116 valence electrons. The van der Waals surface area contributed by atoms with E-state index < -0.39 is 0 Å². The summed E-state index contributed by atoms with van der Waals surface area (Å²) in [5.41, 5.74) is 1.28. The fraction of sp³-hybridized carbons (Fsp3) is 0.588. The second-order valence-corrected chi connectivity index (χ2v) is 7.15. The molecule has 1 aromatic carbocycles. The van der Waals surface area contributed by atoms with E-state index in [1.165, 1.54) is 22.7 Å². The third-order valence-corrected chi connectivity index (χ3v) is 5.76. The molecule has 0 aromatic heterocycles. The van der Waals surface area contributed by atoms with E-state index >= 15 is 0 Å². The predicted molar refractivity (Wildman–Crippen MR) is 93.3 cm³/mol. The van der Waals surface area contributed by atoms with Crippen LogP contribution in [0.2, 0.25) is 0 Å². The predicted octanol–water partition coefficient (Wildman–Crippen LogP) is 3.67. The number of fused-ring (bicyclic) bond motifs is 2. The quantitative estimate of drug-likeness (QED) is 0.560. The zero-order chi connectivity index (χ0) is 14.3. The first-order valence-electron chi connectivity index (χ1n) is 7.17. The van der Waals surface area contributed by atoms with Gasteiger partial charge in [0.1, 0.15) is 0 Å². The van der Waals surface area contributed by atoms with E-state index in [0.717, 1.165) is 12.8 Å². The van der Waals surface area contributed by atoms with Crippen molar-refractivity contribution in [1.82, 2.24) is 4.90 Å². The molecule has 2 saturated heterocycles. The summed E-state index contributed by atoms with van der Waals surface area (Å²) in [5, 5.41) is 0. The van der Waals surface area contributed by atoms with Crippen LogP contribution in [0.1, 0.15) is 38.2 Å². The molecule has 3 nitrogen and oxygen atoms in total. The highest BCUT2D eigenvalue weighted by atomic mass is 127. The summed E-state index contributed by atoms with van der Waals surface area (Å²) < 4.78 is 6.33. The van der Waals surface area contributed by atoms with Gasteiger partial charge in [-0.15, -0.1) is 0 Å². The third kappa shape index (κ3) is 2.97. The number of esters is 1. The maximum absolute atomic E-state index is 12.3. The first kappa shape index (κ1) is 16.7. The van der Waals surface area contributed by atoms with Crippen LogP contribution in [-0.4, -0.2) is 37.1 Å². The van der Waals surface area contributed by atoms with Crippen molar-refractivity contribution in [2.45, 2.75) is 44.7 Å². The molecular formula is C17H24INO2. The summed E-state index contributed by atoms with van der Waals surface area (Å²) in [6.45, 7) is 0. The summed E-state index contributed by atoms with van der Waals surface area (Å²) >= 11 is 2.32. The Kier molecular flexibility index (Phi) is 5.30. The number of carbonyl (C=O) groups is 1. The lowest BCUT2D eigenvalue weighted by Crippen LogP contribution is -2.49. The average molecular weight is 401 g/mol. The molecular weight excluding hydrogens is 377 g/mol. The van der Waals surface area contributed by atoms with Crippen LogP contribution in [0.5, 0.6) is 0 Å². The average Bonchev–Trinajstić information content (AvgIpc) is 2.70. The van der Waals surface area contributed by atoms with E-state index in [9.17, 15) is 4.79 Å². The van der Waals surface area contributed by atoms with Crippen LogP contribution in [0.15, 0.2) is 24.3 Å². The van der Waals surface area contributed by atoms with E-state index in [1.807, 2.05) is 0 Å². The highest BCUT2D eigenvalue weighted by Gasteiger charge is 2.49. The van der Waals surface area contributed by atoms with Gasteiger partial charge in [0.2, 0.25) is 0 Å². The minimum atomic E-state index is -0.0502. The second-order valence-electron chi connectivity index (χ2n) is 5.91. The van der Waals surface area contributed by atoms with Crippen molar-refractivity contribution < 1.29 is 9.53 Å². The van der Waals surface area contributed by atoms with E-state index in [-0.39, 0.29) is 19.3 Å². The van der Waals surface area contributed by atoms with Gasteiger partial charge in [-0.05, 0) is 66.6 Å². The molecule has 2 aliphatic heterocycles. The van der Waals surface area contributed by atoms with E-state index in [1.54, 1.807) is 0 Å². The molecule has 2 fully saturated rings. The van der Waals surface area contributed by atoms with E-state index in [0.29, 0.717) is 18.0 Å². The van der Waals surface area contributed by atoms with Crippen LogP contribution >= 0.6 is 22.6 Å². The summed E-state index contributed by atoms with van der Waals surface area (Å²) in [5.74, 6) is 0.225. The SMILES string of the molecule is C.COC(=O)C1C2CC[C@H](C[C@@H]1c1ccc(I)cc1)N2C. The van der Waals surface area contributed by atoms with Crippen molar-refractivity contribution in [3.8, 4) is 0 Å². The van der Waals surface area contributed by atoms with Gasteiger partial charge >= 0.3 is 5.97 Å². The van der Waals surface area contributed by atoms with Gasteiger partial charge in [0.15, 0.2) is 0 Å². The molecule has 2 bridgehead atoms. The molecule has 21 heavy (non-hydrogen) atoms. The van der Waals surface area contributed by atoms with Crippen LogP contribution in [0, 0.1) is 9.49 Å². The molecule has 0 saturated carbocycles. The fourth-order valence-corrected chi connectivity index (χ4v) is 4.34.